The molecule has 0 heterocycles. The van der Waals surface area contributed by atoms with Crippen molar-refractivity contribution in [2.24, 2.45) is 17.8 Å². The van der Waals surface area contributed by atoms with Gasteiger partial charge in [0.2, 0.25) is 0 Å². The zero-order chi connectivity index (χ0) is 11.2. The molecule has 92 valence electrons. The molecule has 3 aliphatic rings. The third-order valence-electron chi connectivity index (χ3n) is 5.14. The quantitative estimate of drug-likeness (QED) is 0.795. The van der Waals surface area contributed by atoms with Crippen LogP contribution in [0, 0.1) is 17.8 Å². The zero-order valence-corrected chi connectivity index (χ0v) is 10.3. The predicted molar refractivity (Wildman–Crippen MR) is 63.2 cm³/mol. The van der Waals surface area contributed by atoms with Crippen molar-refractivity contribution < 1.29 is 9.84 Å². The first kappa shape index (κ1) is 11.0. The highest BCUT2D eigenvalue weighted by Crippen LogP contribution is 2.53. The van der Waals surface area contributed by atoms with E-state index in [4.69, 9.17) is 4.74 Å². The maximum atomic E-state index is 10.4. The molecule has 0 spiro atoms. The predicted octanol–water partition coefficient (Wildman–Crippen LogP) is 2.74. The fourth-order valence-corrected chi connectivity index (χ4v) is 4.42. The molecule has 3 atom stereocenters. The number of aliphatic hydroxyl groups is 1. The van der Waals surface area contributed by atoms with Gasteiger partial charge in [0, 0.05) is 19.4 Å². The van der Waals surface area contributed by atoms with E-state index >= 15 is 0 Å². The van der Waals surface area contributed by atoms with E-state index in [0.717, 1.165) is 43.6 Å². The average Bonchev–Trinajstić information content (AvgIpc) is 2.77. The normalized spacial score (nSPS) is 50.6. The van der Waals surface area contributed by atoms with Gasteiger partial charge in [-0.05, 0) is 50.4 Å². The summed E-state index contributed by atoms with van der Waals surface area (Å²) in [4.78, 5) is 0. The Balaban J connectivity index is 1.49. The zero-order valence-electron chi connectivity index (χ0n) is 10.3. The lowest BCUT2D eigenvalue weighted by Crippen LogP contribution is -2.49. The summed E-state index contributed by atoms with van der Waals surface area (Å²) >= 11 is 0. The summed E-state index contributed by atoms with van der Waals surface area (Å²) < 4.78 is 5.54. The number of hydrogen-bond acceptors (Lipinski definition) is 2. The highest BCUT2D eigenvalue weighted by molar-refractivity contribution is 5.00. The lowest BCUT2D eigenvalue weighted by atomic mass is 9.69. The van der Waals surface area contributed by atoms with E-state index in [1.807, 2.05) is 6.92 Å². The molecule has 2 heteroatoms. The molecule has 0 amide bonds. The van der Waals surface area contributed by atoms with Crippen LogP contribution in [0.1, 0.15) is 51.9 Å². The second kappa shape index (κ2) is 3.99. The molecular formula is C14H24O2. The van der Waals surface area contributed by atoms with E-state index in [-0.39, 0.29) is 5.60 Å². The highest BCUT2D eigenvalue weighted by Gasteiger charge is 2.48. The van der Waals surface area contributed by atoms with Gasteiger partial charge in [-0.25, -0.2) is 0 Å². The lowest BCUT2D eigenvalue weighted by Gasteiger charge is -2.45. The first-order valence-electron chi connectivity index (χ1n) is 7.02. The van der Waals surface area contributed by atoms with Gasteiger partial charge in [0.05, 0.1) is 11.7 Å². The summed E-state index contributed by atoms with van der Waals surface area (Å²) in [6, 6.07) is 0. The fraction of sp³-hybridized carbons (Fsp3) is 1.00. The Morgan fingerprint density at radius 2 is 2.06 bits per heavy atom. The molecule has 2 bridgehead atoms. The van der Waals surface area contributed by atoms with Gasteiger partial charge in [0.25, 0.3) is 0 Å². The molecule has 3 saturated carbocycles. The number of hydrogen-bond donors (Lipinski definition) is 1. The molecule has 0 aromatic rings. The van der Waals surface area contributed by atoms with Gasteiger partial charge in [0.1, 0.15) is 0 Å². The third kappa shape index (κ3) is 1.91. The van der Waals surface area contributed by atoms with Crippen molar-refractivity contribution >= 4 is 0 Å². The van der Waals surface area contributed by atoms with E-state index in [1.54, 1.807) is 0 Å². The first-order chi connectivity index (χ1) is 7.68. The van der Waals surface area contributed by atoms with Gasteiger partial charge in [-0.15, -0.1) is 0 Å². The van der Waals surface area contributed by atoms with Crippen LogP contribution in [-0.2, 0) is 4.74 Å². The van der Waals surface area contributed by atoms with Crippen molar-refractivity contribution in [2.45, 2.75) is 63.6 Å². The number of fused-ring (bicyclic) bond motifs is 2. The van der Waals surface area contributed by atoms with Crippen LogP contribution in [0.5, 0.6) is 0 Å². The molecule has 3 fully saturated rings. The van der Waals surface area contributed by atoms with Crippen molar-refractivity contribution in [3.05, 3.63) is 0 Å². The molecule has 3 rings (SSSR count). The van der Waals surface area contributed by atoms with Crippen LogP contribution in [-0.4, -0.2) is 23.4 Å². The van der Waals surface area contributed by atoms with Crippen LogP contribution < -0.4 is 0 Å². The van der Waals surface area contributed by atoms with Crippen LogP contribution >= 0.6 is 0 Å². The van der Waals surface area contributed by atoms with Crippen molar-refractivity contribution in [3.63, 3.8) is 0 Å². The fourth-order valence-electron chi connectivity index (χ4n) is 4.42. The standard InChI is InChI=1S/C14H24O2/c1-2-16-13-8-14(15,9-13)7-12-6-10-3-4-11(12)5-10/h10-13,15H,2-9H2,1H3. The Bertz CT molecular complexity index is 257. The molecule has 3 unspecified atom stereocenters. The minimum atomic E-state index is -0.366. The maximum Gasteiger partial charge on any atom is 0.0699 e. The van der Waals surface area contributed by atoms with Gasteiger partial charge in [-0.3, -0.25) is 0 Å². The maximum absolute atomic E-state index is 10.4. The van der Waals surface area contributed by atoms with Crippen molar-refractivity contribution in [3.8, 4) is 0 Å². The minimum Gasteiger partial charge on any atom is -0.390 e. The molecule has 0 aliphatic heterocycles. The van der Waals surface area contributed by atoms with Gasteiger partial charge >= 0.3 is 0 Å². The molecule has 0 aromatic heterocycles. The SMILES string of the molecule is CCOC1CC(O)(CC2CC3CCC2C3)C1. The largest absolute Gasteiger partial charge is 0.390 e. The molecule has 0 saturated heterocycles. The van der Waals surface area contributed by atoms with E-state index < -0.39 is 0 Å². The molecule has 0 aromatic carbocycles. The summed E-state index contributed by atoms with van der Waals surface area (Å²) in [5.74, 6) is 2.77. The molecule has 16 heavy (non-hydrogen) atoms. The van der Waals surface area contributed by atoms with Gasteiger partial charge in [-0.1, -0.05) is 6.42 Å². The van der Waals surface area contributed by atoms with Crippen molar-refractivity contribution in [1.82, 2.24) is 0 Å². The Labute approximate surface area is 98.4 Å². The first-order valence-corrected chi connectivity index (χ1v) is 7.02. The number of ether oxygens (including phenoxy) is 1. The van der Waals surface area contributed by atoms with E-state index in [0.29, 0.717) is 6.10 Å². The van der Waals surface area contributed by atoms with Crippen LogP contribution in [0.15, 0.2) is 0 Å². The monoisotopic (exact) mass is 224 g/mol. The Kier molecular flexibility index (Phi) is 2.75. The summed E-state index contributed by atoms with van der Waals surface area (Å²) in [6.45, 7) is 2.82. The average molecular weight is 224 g/mol. The van der Waals surface area contributed by atoms with E-state index in [1.165, 1.54) is 25.7 Å². The summed E-state index contributed by atoms with van der Waals surface area (Å²) in [6.07, 6.45) is 8.90. The van der Waals surface area contributed by atoms with Gasteiger partial charge in [-0.2, -0.15) is 0 Å². The minimum absolute atomic E-state index is 0.341. The van der Waals surface area contributed by atoms with Crippen LogP contribution in [0.4, 0.5) is 0 Å². The number of rotatable bonds is 4. The molecular weight excluding hydrogens is 200 g/mol. The molecule has 2 nitrogen and oxygen atoms in total. The van der Waals surface area contributed by atoms with Crippen LogP contribution in [0.3, 0.4) is 0 Å². The Morgan fingerprint density at radius 3 is 2.62 bits per heavy atom. The van der Waals surface area contributed by atoms with Gasteiger partial charge < -0.3 is 9.84 Å². The van der Waals surface area contributed by atoms with Crippen LogP contribution in [0.2, 0.25) is 0 Å². The summed E-state index contributed by atoms with van der Waals surface area (Å²) in [5.41, 5.74) is -0.366. The smallest absolute Gasteiger partial charge is 0.0699 e. The Hall–Kier alpha value is -0.0800. The summed E-state index contributed by atoms with van der Waals surface area (Å²) in [7, 11) is 0. The van der Waals surface area contributed by atoms with Crippen LogP contribution in [0.25, 0.3) is 0 Å². The second-order valence-electron chi connectivity index (χ2n) is 6.35. The third-order valence-corrected chi connectivity index (χ3v) is 5.14. The highest BCUT2D eigenvalue weighted by atomic mass is 16.5. The molecule has 3 aliphatic carbocycles. The molecule has 1 N–H and O–H groups in total. The summed E-state index contributed by atoms with van der Waals surface area (Å²) in [5, 5.41) is 10.4. The van der Waals surface area contributed by atoms with E-state index in [2.05, 4.69) is 0 Å². The lowest BCUT2D eigenvalue weighted by molar-refractivity contribution is -0.149. The van der Waals surface area contributed by atoms with Gasteiger partial charge in [0.15, 0.2) is 0 Å². The van der Waals surface area contributed by atoms with E-state index in [9.17, 15) is 5.11 Å². The molecule has 0 radical (unpaired) electrons. The topological polar surface area (TPSA) is 29.5 Å². The van der Waals surface area contributed by atoms with Crippen molar-refractivity contribution in [2.75, 3.05) is 6.61 Å². The van der Waals surface area contributed by atoms with Crippen molar-refractivity contribution in [1.29, 1.82) is 0 Å². The Morgan fingerprint density at radius 1 is 1.25 bits per heavy atom. The second-order valence-corrected chi connectivity index (χ2v) is 6.35.